The minimum Gasteiger partial charge on any atom is -0.491 e. The monoisotopic (exact) mass is 696 g/mol. The van der Waals surface area contributed by atoms with Crippen molar-refractivity contribution in [3.8, 4) is 5.75 Å². The smallest absolute Gasteiger partial charge is 0.255 e. The van der Waals surface area contributed by atoms with Gasteiger partial charge < -0.3 is 35.4 Å². The van der Waals surface area contributed by atoms with E-state index in [0.717, 1.165) is 17.5 Å². The molecule has 13 heteroatoms. The number of amides is 6. The fraction of sp³-hybridized carbons (Fsp3) is 0.368. The lowest BCUT2D eigenvalue weighted by Gasteiger charge is -2.27. The number of para-hydroxylation sites is 1. The maximum Gasteiger partial charge on any atom is 0.255 e. The first-order valence-electron chi connectivity index (χ1n) is 17.1. The van der Waals surface area contributed by atoms with Gasteiger partial charge in [0.2, 0.25) is 29.5 Å². The second kappa shape index (κ2) is 17.8. The number of nitrogens with zero attached hydrogens (tertiary/aromatic N) is 3. The molecule has 1 saturated heterocycles. The van der Waals surface area contributed by atoms with Crippen LogP contribution in [0.1, 0.15) is 40.7 Å². The summed E-state index contributed by atoms with van der Waals surface area (Å²) in [6.45, 7) is 0.467. The molecule has 51 heavy (non-hydrogen) atoms. The Morgan fingerprint density at radius 3 is 2.20 bits per heavy atom. The summed E-state index contributed by atoms with van der Waals surface area (Å²) in [6.07, 6.45) is 1.19. The zero-order chi connectivity index (χ0) is 36.2. The number of likely N-dealkylation sites (tertiary alicyclic amines) is 1. The molecular weight excluding hydrogens is 652 g/mol. The number of carbonyl (C=O) groups excluding carboxylic acids is 6. The summed E-state index contributed by atoms with van der Waals surface area (Å²) < 4.78 is 6.13. The number of carbonyl (C=O) groups is 6. The Hall–Kier alpha value is -5.72. The van der Waals surface area contributed by atoms with Crippen molar-refractivity contribution in [1.29, 1.82) is 0 Å². The molecular formula is C38H44N6O7. The highest BCUT2D eigenvalue weighted by molar-refractivity contribution is 6.01. The van der Waals surface area contributed by atoms with E-state index in [0.29, 0.717) is 25.9 Å². The van der Waals surface area contributed by atoms with Crippen LogP contribution in [0.15, 0.2) is 84.9 Å². The third-order valence-electron chi connectivity index (χ3n) is 8.82. The second-order valence-corrected chi connectivity index (χ2v) is 12.8. The van der Waals surface area contributed by atoms with Crippen LogP contribution in [0.5, 0.6) is 5.75 Å². The Labute approximate surface area is 297 Å². The van der Waals surface area contributed by atoms with Crippen molar-refractivity contribution in [2.24, 2.45) is 0 Å². The summed E-state index contributed by atoms with van der Waals surface area (Å²) in [6, 6.07) is 23.3. The highest BCUT2D eigenvalue weighted by atomic mass is 16.5. The molecule has 0 unspecified atom stereocenters. The van der Waals surface area contributed by atoms with E-state index < -0.39 is 48.0 Å². The quantitative estimate of drug-likeness (QED) is 0.323. The van der Waals surface area contributed by atoms with Gasteiger partial charge in [0.15, 0.2) is 0 Å². The molecule has 1 fully saturated rings. The van der Waals surface area contributed by atoms with Crippen LogP contribution in [-0.2, 0) is 36.9 Å². The van der Waals surface area contributed by atoms with Gasteiger partial charge in [-0.1, -0.05) is 72.8 Å². The van der Waals surface area contributed by atoms with Gasteiger partial charge >= 0.3 is 0 Å². The van der Waals surface area contributed by atoms with E-state index in [1.54, 1.807) is 29.2 Å². The molecule has 5 rings (SSSR count). The number of hydrogen-bond acceptors (Lipinski definition) is 7. The number of ether oxygens (including phenoxy) is 1. The van der Waals surface area contributed by atoms with Crippen molar-refractivity contribution >= 4 is 35.4 Å². The van der Waals surface area contributed by atoms with E-state index in [4.69, 9.17) is 4.74 Å². The van der Waals surface area contributed by atoms with Crippen LogP contribution >= 0.6 is 0 Å². The highest BCUT2D eigenvalue weighted by Gasteiger charge is 2.30. The van der Waals surface area contributed by atoms with E-state index >= 15 is 0 Å². The average Bonchev–Trinajstić information content (AvgIpc) is 3.54. The number of nitrogens with one attached hydrogen (secondary N) is 3. The van der Waals surface area contributed by atoms with Gasteiger partial charge in [-0.15, -0.1) is 0 Å². The third-order valence-corrected chi connectivity index (χ3v) is 8.82. The fourth-order valence-electron chi connectivity index (χ4n) is 6.04. The molecule has 2 aliphatic rings. The van der Waals surface area contributed by atoms with Crippen LogP contribution in [0.3, 0.4) is 0 Å². The van der Waals surface area contributed by atoms with Gasteiger partial charge in [0.1, 0.15) is 24.9 Å². The van der Waals surface area contributed by atoms with Gasteiger partial charge in [0.05, 0.1) is 24.6 Å². The Balaban J connectivity index is 1.43. The lowest BCUT2D eigenvalue weighted by molar-refractivity contribution is -0.142. The largest absolute Gasteiger partial charge is 0.491 e. The number of fused-ring (bicyclic) bond motifs is 1. The Kier molecular flexibility index (Phi) is 12.8. The van der Waals surface area contributed by atoms with Crippen LogP contribution in [-0.4, -0.2) is 109 Å². The second-order valence-electron chi connectivity index (χ2n) is 12.8. The molecule has 0 bridgehead atoms. The Morgan fingerprint density at radius 2 is 1.49 bits per heavy atom. The van der Waals surface area contributed by atoms with Crippen molar-refractivity contribution in [2.75, 3.05) is 46.4 Å². The summed E-state index contributed by atoms with van der Waals surface area (Å²) >= 11 is 0. The summed E-state index contributed by atoms with van der Waals surface area (Å²) in [7, 11) is 1.49. The summed E-state index contributed by atoms with van der Waals surface area (Å²) in [5.41, 5.74) is 1.83. The molecule has 0 aliphatic carbocycles. The molecule has 13 nitrogen and oxygen atoms in total. The minimum absolute atomic E-state index is 0.00502. The summed E-state index contributed by atoms with van der Waals surface area (Å²) in [5.74, 6) is -2.48. The highest BCUT2D eigenvalue weighted by Crippen LogP contribution is 2.20. The molecule has 0 spiro atoms. The molecule has 3 aromatic rings. The first-order chi connectivity index (χ1) is 24.7. The molecule has 3 N–H and O–H groups in total. The predicted molar refractivity (Wildman–Crippen MR) is 188 cm³/mol. The van der Waals surface area contributed by atoms with Crippen molar-refractivity contribution in [2.45, 2.75) is 44.3 Å². The first-order valence-corrected chi connectivity index (χ1v) is 17.1. The SMILES string of the molecule is CN1CC(=O)N[C@H](Cc2ccccc2)COc2ccccc2C(=O)N[C@H](C(=O)NCCN2CCCC2=O)CC(=O)N(Cc2ccccc2)CC1=O. The standard InChI is InChI=1S/C38H44N6O7/c1-42-24-33(45)40-29(21-27-11-4-2-5-12-27)26-51-32-16-9-8-15-30(32)37(49)41-31(38(50)39-18-20-43-19-10-17-34(43)46)22-35(47)44(25-36(42)48)23-28-13-6-3-7-14-28/h2-9,11-16,29,31H,10,17-26H2,1H3,(H,39,50)(H,40,45)(H,41,49)/t29-,31+/m1/s1. The minimum atomic E-state index is -1.32. The molecule has 0 saturated carbocycles. The first kappa shape index (κ1) is 36.6. The van der Waals surface area contributed by atoms with Crippen LogP contribution in [0, 0.1) is 0 Å². The average molecular weight is 697 g/mol. The molecule has 268 valence electrons. The number of benzene rings is 3. The van der Waals surface area contributed by atoms with E-state index in [9.17, 15) is 28.8 Å². The van der Waals surface area contributed by atoms with Gasteiger partial charge in [-0.2, -0.15) is 0 Å². The molecule has 2 aliphatic heterocycles. The van der Waals surface area contributed by atoms with Crippen LogP contribution in [0.25, 0.3) is 0 Å². The Bertz CT molecular complexity index is 1700. The van der Waals surface area contributed by atoms with Crippen molar-refractivity contribution in [3.63, 3.8) is 0 Å². The van der Waals surface area contributed by atoms with Gasteiger partial charge in [-0.3, -0.25) is 28.8 Å². The zero-order valence-electron chi connectivity index (χ0n) is 28.7. The topological polar surface area (TPSA) is 157 Å². The lowest BCUT2D eigenvalue weighted by atomic mass is 10.1. The third kappa shape index (κ3) is 10.6. The Morgan fingerprint density at radius 1 is 0.804 bits per heavy atom. The van der Waals surface area contributed by atoms with Gasteiger partial charge in [0, 0.05) is 39.6 Å². The molecule has 6 amide bonds. The van der Waals surface area contributed by atoms with Gasteiger partial charge in [-0.25, -0.2) is 0 Å². The molecule has 2 atom stereocenters. The van der Waals surface area contributed by atoms with Crippen molar-refractivity contribution in [1.82, 2.24) is 30.7 Å². The van der Waals surface area contributed by atoms with Crippen molar-refractivity contribution in [3.05, 3.63) is 102 Å². The van der Waals surface area contributed by atoms with E-state index in [1.807, 2.05) is 60.7 Å². The van der Waals surface area contributed by atoms with E-state index in [-0.39, 0.29) is 50.0 Å². The number of hydrogen-bond donors (Lipinski definition) is 3. The van der Waals surface area contributed by atoms with Crippen LogP contribution in [0.2, 0.25) is 0 Å². The predicted octanol–water partition coefficient (Wildman–Crippen LogP) is 1.52. The summed E-state index contributed by atoms with van der Waals surface area (Å²) in [5, 5.41) is 8.45. The normalized spacial score (nSPS) is 19.5. The molecule has 0 radical (unpaired) electrons. The lowest BCUT2D eigenvalue weighted by Crippen LogP contribution is -2.51. The molecule has 2 heterocycles. The van der Waals surface area contributed by atoms with E-state index in [2.05, 4.69) is 16.0 Å². The van der Waals surface area contributed by atoms with Crippen molar-refractivity contribution < 1.29 is 33.5 Å². The van der Waals surface area contributed by atoms with Gasteiger partial charge in [0.25, 0.3) is 5.91 Å². The maximum atomic E-state index is 14.0. The summed E-state index contributed by atoms with van der Waals surface area (Å²) in [4.78, 5) is 84.5. The van der Waals surface area contributed by atoms with Gasteiger partial charge in [-0.05, 0) is 36.1 Å². The fourth-order valence-corrected chi connectivity index (χ4v) is 6.04. The number of rotatable bonds is 8. The van der Waals surface area contributed by atoms with Crippen LogP contribution in [0.4, 0.5) is 0 Å². The molecule has 3 aromatic carbocycles. The van der Waals surface area contributed by atoms with E-state index in [1.165, 1.54) is 16.8 Å². The molecule has 0 aromatic heterocycles. The van der Waals surface area contributed by atoms with Crippen LogP contribution < -0.4 is 20.7 Å². The zero-order valence-corrected chi connectivity index (χ0v) is 28.7. The maximum absolute atomic E-state index is 14.0. The number of likely N-dealkylation sites (N-methyl/N-ethyl adjacent to an activating group) is 1.